The van der Waals surface area contributed by atoms with E-state index in [1.54, 1.807) is 0 Å². The largest absolute Gasteiger partial charge is 0.476 e. The lowest BCUT2D eigenvalue weighted by Crippen LogP contribution is -2.27. The van der Waals surface area contributed by atoms with Crippen LogP contribution in [0.3, 0.4) is 0 Å². The van der Waals surface area contributed by atoms with Crippen molar-refractivity contribution in [2.24, 2.45) is 5.16 Å². The Kier molecular flexibility index (Phi) is 6.88. The smallest absolute Gasteiger partial charge is 0.358 e. The van der Waals surface area contributed by atoms with Crippen LogP contribution in [0.4, 0.5) is 0 Å². The zero-order chi connectivity index (χ0) is 18.3. The summed E-state index contributed by atoms with van der Waals surface area (Å²) >= 11 is 0. The van der Waals surface area contributed by atoms with Crippen LogP contribution in [0.5, 0.6) is 0 Å². The lowest BCUT2D eigenvalue weighted by Gasteiger charge is -2.09. The summed E-state index contributed by atoms with van der Waals surface area (Å²) < 4.78 is 36.4. The highest BCUT2D eigenvalue weighted by Gasteiger charge is 2.20. The lowest BCUT2D eigenvalue weighted by atomic mass is 10.1. The SMILES string of the molecule is COCCNS(=O)(=O)c1ccc(C(=NO[C@@H]2CCOC2)C(=O)O)cc1. The van der Waals surface area contributed by atoms with Crippen molar-refractivity contribution in [3.63, 3.8) is 0 Å². The van der Waals surface area contributed by atoms with Gasteiger partial charge in [-0.25, -0.2) is 17.9 Å². The van der Waals surface area contributed by atoms with Crippen molar-refractivity contribution in [3.05, 3.63) is 29.8 Å². The van der Waals surface area contributed by atoms with Crippen molar-refractivity contribution < 1.29 is 32.6 Å². The van der Waals surface area contributed by atoms with Gasteiger partial charge < -0.3 is 19.4 Å². The van der Waals surface area contributed by atoms with Gasteiger partial charge in [-0.3, -0.25) is 0 Å². The molecule has 0 aromatic heterocycles. The van der Waals surface area contributed by atoms with Crippen molar-refractivity contribution in [1.29, 1.82) is 0 Å². The Hall–Kier alpha value is -2.01. The van der Waals surface area contributed by atoms with Crippen LogP contribution in [-0.4, -0.2) is 64.8 Å². The second-order valence-corrected chi connectivity index (χ2v) is 7.02. The molecule has 0 unspecified atom stereocenters. The Balaban J connectivity index is 2.12. The highest BCUT2D eigenvalue weighted by atomic mass is 32.2. The van der Waals surface area contributed by atoms with Crippen molar-refractivity contribution in [1.82, 2.24) is 4.72 Å². The normalized spacial score (nSPS) is 18.3. The maximum absolute atomic E-state index is 12.1. The minimum Gasteiger partial charge on any atom is -0.476 e. The fourth-order valence-corrected chi connectivity index (χ4v) is 3.10. The van der Waals surface area contributed by atoms with E-state index in [0.717, 1.165) is 0 Å². The van der Waals surface area contributed by atoms with Gasteiger partial charge in [0.05, 0.1) is 24.7 Å². The van der Waals surface area contributed by atoms with E-state index in [9.17, 15) is 18.3 Å². The summed E-state index contributed by atoms with van der Waals surface area (Å²) in [5.41, 5.74) is -0.0644. The zero-order valence-corrected chi connectivity index (χ0v) is 14.5. The Morgan fingerprint density at radius 2 is 2.12 bits per heavy atom. The summed E-state index contributed by atoms with van der Waals surface area (Å²) in [5.74, 6) is -1.27. The number of aliphatic carboxylic acids is 1. The van der Waals surface area contributed by atoms with Gasteiger partial charge in [0.25, 0.3) is 0 Å². The van der Waals surface area contributed by atoms with E-state index in [2.05, 4.69) is 9.88 Å². The van der Waals surface area contributed by atoms with Crippen molar-refractivity contribution in [2.45, 2.75) is 17.4 Å². The molecule has 0 radical (unpaired) electrons. The maximum Gasteiger partial charge on any atom is 0.358 e. The fourth-order valence-electron chi connectivity index (χ4n) is 2.09. The average Bonchev–Trinajstić information content (AvgIpc) is 3.09. The minimum absolute atomic E-state index is 0.0159. The van der Waals surface area contributed by atoms with Crippen LogP contribution >= 0.6 is 0 Å². The lowest BCUT2D eigenvalue weighted by molar-refractivity contribution is -0.129. The third-order valence-electron chi connectivity index (χ3n) is 3.42. The number of carboxylic acids is 1. The van der Waals surface area contributed by atoms with Crippen LogP contribution in [0, 0.1) is 0 Å². The summed E-state index contributed by atoms with van der Waals surface area (Å²) in [7, 11) is -2.22. The molecule has 1 aromatic carbocycles. The first-order chi connectivity index (χ1) is 11.9. The molecule has 0 amide bonds. The van der Waals surface area contributed by atoms with Crippen LogP contribution in [0.25, 0.3) is 0 Å². The van der Waals surface area contributed by atoms with Crippen LogP contribution < -0.4 is 4.72 Å². The number of oxime groups is 1. The zero-order valence-electron chi connectivity index (χ0n) is 13.7. The monoisotopic (exact) mass is 372 g/mol. The second-order valence-electron chi connectivity index (χ2n) is 5.25. The van der Waals surface area contributed by atoms with Gasteiger partial charge in [-0.2, -0.15) is 0 Å². The highest BCUT2D eigenvalue weighted by molar-refractivity contribution is 7.89. The molecule has 1 saturated heterocycles. The third-order valence-corrected chi connectivity index (χ3v) is 4.90. The van der Waals surface area contributed by atoms with Gasteiger partial charge in [-0.05, 0) is 12.1 Å². The molecule has 0 saturated carbocycles. The number of rotatable bonds is 9. The number of sulfonamides is 1. The van der Waals surface area contributed by atoms with Crippen LogP contribution in [0.15, 0.2) is 34.3 Å². The van der Waals surface area contributed by atoms with E-state index in [4.69, 9.17) is 14.3 Å². The number of ether oxygens (including phenoxy) is 2. The van der Waals surface area contributed by atoms with E-state index in [0.29, 0.717) is 19.6 Å². The molecular weight excluding hydrogens is 352 g/mol. The Bertz CT molecular complexity index is 710. The van der Waals surface area contributed by atoms with Crippen molar-refractivity contribution in [2.75, 3.05) is 33.5 Å². The van der Waals surface area contributed by atoms with Gasteiger partial charge in [0.15, 0.2) is 11.8 Å². The number of nitrogens with one attached hydrogen (secondary N) is 1. The van der Waals surface area contributed by atoms with Crippen molar-refractivity contribution in [3.8, 4) is 0 Å². The van der Waals surface area contributed by atoms with Gasteiger partial charge in [0.1, 0.15) is 0 Å². The first-order valence-corrected chi connectivity index (χ1v) is 9.06. The first kappa shape index (κ1) is 19.3. The predicted octanol–water partition coefficient (Wildman–Crippen LogP) is 0.206. The molecule has 138 valence electrons. The fraction of sp³-hybridized carbons (Fsp3) is 0.467. The van der Waals surface area contributed by atoms with Crippen LogP contribution in [0.1, 0.15) is 12.0 Å². The molecule has 9 nitrogen and oxygen atoms in total. The molecule has 1 fully saturated rings. The summed E-state index contributed by atoms with van der Waals surface area (Å²) in [4.78, 5) is 16.6. The molecule has 1 heterocycles. The Morgan fingerprint density at radius 1 is 1.40 bits per heavy atom. The first-order valence-electron chi connectivity index (χ1n) is 7.58. The maximum atomic E-state index is 12.1. The van der Waals surface area contributed by atoms with E-state index < -0.39 is 16.0 Å². The summed E-state index contributed by atoms with van der Waals surface area (Å²) in [6.45, 7) is 1.29. The van der Waals surface area contributed by atoms with Gasteiger partial charge >= 0.3 is 5.97 Å². The van der Waals surface area contributed by atoms with E-state index in [-0.39, 0.29) is 35.4 Å². The number of carboxylic acid groups (broad SMARTS) is 1. The van der Waals surface area contributed by atoms with Gasteiger partial charge in [-0.15, -0.1) is 0 Å². The Morgan fingerprint density at radius 3 is 2.68 bits per heavy atom. The van der Waals surface area contributed by atoms with Gasteiger partial charge in [0.2, 0.25) is 10.0 Å². The van der Waals surface area contributed by atoms with E-state index in [1.165, 1.54) is 31.4 Å². The average molecular weight is 372 g/mol. The molecule has 1 atom stereocenters. The number of hydrogen-bond donors (Lipinski definition) is 2. The molecule has 2 rings (SSSR count). The standard InChI is InChI=1S/C15H20N2O7S/c1-22-9-7-16-25(20,21)13-4-2-11(3-5-13)14(15(18)19)17-24-12-6-8-23-10-12/h2-5,12,16H,6-10H2,1H3,(H,18,19)/t12-/m1/s1. The molecule has 1 aliphatic rings. The van der Waals surface area contributed by atoms with E-state index in [1.807, 2.05) is 0 Å². The Labute approximate surface area is 145 Å². The van der Waals surface area contributed by atoms with Gasteiger partial charge in [-0.1, -0.05) is 17.3 Å². The van der Waals surface area contributed by atoms with Gasteiger partial charge in [0, 0.05) is 25.6 Å². The predicted molar refractivity (Wildman–Crippen MR) is 88.0 cm³/mol. The molecule has 0 bridgehead atoms. The van der Waals surface area contributed by atoms with Crippen molar-refractivity contribution >= 4 is 21.7 Å². The number of hydrogen-bond acceptors (Lipinski definition) is 7. The minimum atomic E-state index is -3.69. The molecule has 25 heavy (non-hydrogen) atoms. The summed E-state index contributed by atoms with van der Waals surface area (Å²) in [5, 5.41) is 13.0. The van der Waals surface area contributed by atoms with E-state index >= 15 is 0 Å². The molecule has 2 N–H and O–H groups in total. The number of carbonyl (C=O) groups is 1. The molecule has 10 heteroatoms. The molecule has 1 aliphatic heterocycles. The molecule has 0 spiro atoms. The number of methoxy groups -OCH3 is 1. The van der Waals surface area contributed by atoms with Crippen LogP contribution in [-0.2, 0) is 29.1 Å². The number of nitrogens with zero attached hydrogens (tertiary/aromatic N) is 1. The number of benzene rings is 1. The third kappa shape index (κ3) is 5.49. The quantitative estimate of drug-likeness (QED) is 0.361. The molecule has 0 aliphatic carbocycles. The summed E-state index contributed by atoms with van der Waals surface area (Å²) in [6.07, 6.45) is 0.361. The highest BCUT2D eigenvalue weighted by Crippen LogP contribution is 2.13. The molecule has 1 aromatic rings. The van der Waals surface area contributed by atoms with Crippen LogP contribution in [0.2, 0.25) is 0 Å². The molecular formula is C15H20N2O7S. The topological polar surface area (TPSA) is 124 Å². The summed E-state index contributed by atoms with van der Waals surface area (Å²) in [6, 6.07) is 5.35. The second kappa shape index (κ2) is 8.90.